The van der Waals surface area contributed by atoms with Crippen LogP contribution in [0.25, 0.3) is 0 Å². The molecule has 1 aliphatic heterocycles. The van der Waals surface area contributed by atoms with E-state index in [0.717, 1.165) is 24.7 Å². The van der Waals surface area contributed by atoms with Crippen molar-refractivity contribution in [2.75, 3.05) is 0 Å². The SMILES string of the molecule is CC[C@@H](C)C(=O)O[C@@H]1C/C(C=O)=C\CC/C(C)=C/[C@H]2OC(=O)[C@@H](C)[C@@H]21. The molecule has 0 aromatic heterocycles. The highest BCUT2D eigenvalue weighted by molar-refractivity contribution is 5.77. The number of hydrogen-bond donors (Lipinski definition) is 0. The predicted octanol–water partition coefficient (Wildman–Crippen LogP) is 3.38. The van der Waals surface area contributed by atoms with Gasteiger partial charge in [-0.1, -0.05) is 32.4 Å². The highest BCUT2D eigenvalue weighted by atomic mass is 16.6. The molecule has 1 fully saturated rings. The molecular formula is C20H28O5. The van der Waals surface area contributed by atoms with E-state index in [2.05, 4.69) is 0 Å². The van der Waals surface area contributed by atoms with Gasteiger partial charge >= 0.3 is 11.9 Å². The Hall–Kier alpha value is -1.91. The van der Waals surface area contributed by atoms with Crippen molar-refractivity contribution in [2.45, 2.75) is 65.6 Å². The van der Waals surface area contributed by atoms with Crippen molar-refractivity contribution in [3.05, 3.63) is 23.3 Å². The van der Waals surface area contributed by atoms with Gasteiger partial charge < -0.3 is 9.47 Å². The summed E-state index contributed by atoms with van der Waals surface area (Å²) in [6.07, 6.45) is 6.28. The van der Waals surface area contributed by atoms with E-state index in [9.17, 15) is 14.4 Å². The van der Waals surface area contributed by atoms with Crippen LogP contribution < -0.4 is 0 Å². The number of aldehydes is 1. The number of esters is 2. The van der Waals surface area contributed by atoms with Gasteiger partial charge in [-0.15, -0.1) is 0 Å². The maximum Gasteiger partial charge on any atom is 0.309 e. The zero-order chi connectivity index (χ0) is 18.6. The third-order valence-electron chi connectivity index (χ3n) is 5.27. The van der Waals surface area contributed by atoms with Gasteiger partial charge in [0.05, 0.1) is 17.8 Å². The van der Waals surface area contributed by atoms with Gasteiger partial charge in [0.1, 0.15) is 18.5 Å². The Morgan fingerprint density at radius 3 is 2.84 bits per heavy atom. The van der Waals surface area contributed by atoms with E-state index in [4.69, 9.17) is 9.47 Å². The highest BCUT2D eigenvalue weighted by Crippen LogP contribution is 2.37. The molecule has 5 atom stereocenters. The minimum Gasteiger partial charge on any atom is -0.461 e. The Morgan fingerprint density at radius 1 is 1.48 bits per heavy atom. The van der Waals surface area contributed by atoms with Crippen LogP contribution in [-0.4, -0.2) is 30.4 Å². The van der Waals surface area contributed by atoms with E-state index >= 15 is 0 Å². The lowest BCUT2D eigenvalue weighted by atomic mass is 9.82. The van der Waals surface area contributed by atoms with Gasteiger partial charge in [0.25, 0.3) is 0 Å². The number of hydrogen-bond acceptors (Lipinski definition) is 5. The molecule has 0 bridgehead atoms. The summed E-state index contributed by atoms with van der Waals surface area (Å²) < 4.78 is 11.3. The van der Waals surface area contributed by atoms with E-state index < -0.39 is 12.2 Å². The molecule has 2 rings (SSSR count). The molecule has 0 radical (unpaired) electrons. The van der Waals surface area contributed by atoms with Crippen LogP contribution in [0.5, 0.6) is 0 Å². The third-order valence-corrected chi connectivity index (χ3v) is 5.27. The monoisotopic (exact) mass is 348 g/mol. The first-order valence-electron chi connectivity index (χ1n) is 9.09. The second-order valence-corrected chi connectivity index (χ2v) is 7.20. The number of carbonyl (C=O) groups excluding carboxylic acids is 3. The molecule has 0 unspecified atom stereocenters. The summed E-state index contributed by atoms with van der Waals surface area (Å²) in [5, 5.41) is 0. The molecule has 0 spiro atoms. The van der Waals surface area contributed by atoms with Crippen molar-refractivity contribution in [1.82, 2.24) is 0 Å². The average molecular weight is 348 g/mol. The maximum atomic E-state index is 12.4. The van der Waals surface area contributed by atoms with Crippen molar-refractivity contribution in [3.63, 3.8) is 0 Å². The standard InChI is InChI=1S/C20H28O5/c1-5-13(3)19(22)24-17-10-15(11-21)8-6-7-12(2)9-16-18(17)14(4)20(23)25-16/h8-9,11,13-14,16-18H,5-7,10H2,1-4H3/b12-9+,15-8+/t13-,14+,16-,17-,18+/m1/s1. The maximum absolute atomic E-state index is 12.4. The summed E-state index contributed by atoms with van der Waals surface area (Å²) in [6, 6.07) is 0. The largest absolute Gasteiger partial charge is 0.461 e. The molecule has 5 heteroatoms. The number of allylic oxidation sites excluding steroid dienone is 2. The lowest BCUT2D eigenvalue weighted by molar-refractivity contribution is -0.157. The molecule has 0 saturated carbocycles. The van der Waals surface area contributed by atoms with Crippen molar-refractivity contribution in [2.24, 2.45) is 17.8 Å². The molecule has 138 valence electrons. The summed E-state index contributed by atoms with van der Waals surface area (Å²) in [7, 11) is 0. The fourth-order valence-electron chi connectivity index (χ4n) is 3.39. The van der Waals surface area contributed by atoms with Gasteiger partial charge in [-0.2, -0.15) is 0 Å². The van der Waals surface area contributed by atoms with Gasteiger partial charge in [-0.3, -0.25) is 14.4 Å². The Morgan fingerprint density at radius 2 is 2.20 bits per heavy atom. The van der Waals surface area contributed by atoms with Crippen LogP contribution in [0.4, 0.5) is 0 Å². The summed E-state index contributed by atoms with van der Waals surface area (Å²) in [5.74, 6) is -1.45. The predicted molar refractivity (Wildman–Crippen MR) is 93.6 cm³/mol. The number of carbonyl (C=O) groups is 3. The normalized spacial score (nSPS) is 35.3. The lowest BCUT2D eigenvalue weighted by Crippen LogP contribution is -2.37. The van der Waals surface area contributed by atoms with E-state index in [1.165, 1.54) is 0 Å². The van der Waals surface area contributed by atoms with Crippen LogP contribution in [0.2, 0.25) is 0 Å². The lowest BCUT2D eigenvalue weighted by Gasteiger charge is -2.29. The topological polar surface area (TPSA) is 69.7 Å². The number of rotatable bonds is 4. The van der Waals surface area contributed by atoms with Crippen LogP contribution in [-0.2, 0) is 23.9 Å². The summed E-state index contributed by atoms with van der Waals surface area (Å²) in [6.45, 7) is 7.54. The van der Waals surface area contributed by atoms with Crippen LogP contribution >= 0.6 is 0 Å². The zero-order valence-corrected chi connectivity index (χ0v) is 15.5. The average Bonchev–Trinajstić information content (AvgIpc) is 2.85. The summed E-state index contributed by atoms with van der Waals surface area (Å²) in [4.78, 5) is 35.9. The van der Waals surface area contributed by atoms with Crippen LogP contribution in [0, 0.1) is 17.8 Å². The molecule has 1 saturated heterocycles. The Labute approximate surface area is 149 Å². The third kappa shape index (κ3) is 4.59. The molecule has 0 N–H and O–H groups in total. The Kier molecular flexibility index (Phi) is 6.57. The fraction of sp³-hybridized carbons (Fsp3) is 0.650. The molecule has 25 heavy (non-hydrogen) atoms. The summed E-state index contributed by atoms with van der Waals surface area (Å²) in [5.41, 5.74) is 1.72. The quantitative estimate of drug-likeness (QED) is 0.442. The van der Waals surface area contributed by atoms with Crippen molar-refractivity contribution < 1.29 is 23.9 Å². The Bertz CT molecular complexity index is 589. The van der Waals surface area contributed by atoms with Crippen LogP contribution in [0.15, 0.2) is 23.3 Å². The number of fused-ring (bicyclic) bond motifs is 1. The van der Waals surface area contributed by atoms with Crippen molar-refractivity contribution in [3.8, 4) is 0 Å². The Balaban J connectivity index is 2.37. The van der Waals surface area contributed by atoms with E-state index in [1.54, 1.807) is 6.92 Å². The van der Waals surface area contributed by atoms with E-state index in [-0.39, 0.29) is 29.7 Å². The summed E-state index contributed by atoms with van der Waals surface area (Å²) >= 11 is 0. The molecule has 0 aromatic rings. The van der Waals surface area contributed by atoms with Gasteiger partial charge in [0.2, 0.25) is 0 Å². The molecule has 0 amide bonds. The van der Waals surface area contributed by atoms with Crippen molar-refractivity contribution >= 4 is 18.2 Å². The first kappa shape index (κ1) is 19.4. The number of ether oxygens (including phenoxy) is 2. The molecule has 1 heterocycles. The van der Waals surface area contributed by atoms with Crippen molar-refractivity contribution in [1.29, 1.82) is 0 Å². The van der Waals surface area contributed by atoms with Gasteiger partial charge in [-0.25, -0.2) is 0 Å². The molecule has 5 nitrogen and oxygen atoms in total. The second-order valence-electron chi connectivity index (χ2n) is 7.20. The van der Waals surface area contributed by atoms with Gasteiger partial charge in [0.15, 0.2) is 0 Å². The molecule has 2 aliphatic rings. The van der Waals surface area contributed by atoms with Crippen LogP contribution in [0.1, 0.15) is 53.4 Å². The zero-order valence-electron chi connectivity index (χ0n) is 15.5. The smallest absolute Gasteiger partial charge is 0.309 e. The first-order chi connectivity index (χ1) is 11.9. The molecule has 1 aliphatic carbocycles. The fourth-order valence-corrected chi connectivity index (χ4v) is 3.39. The highest BCUT2D eigenvalue weighted by Gasteiger charge is 2.47. The van der Waals surface area contributed by atoms with Gasteiger partial charge in [-0.05, 0) is 37.8 Å². The minimum atomic E-state index is -0.549. The molecular weight excluding hydrogens is 320 g/mol. The second kappa shape index (κ2) is 8.45. The van der Waals surface area contributed by atoms with Gasteiger partial charge in [0, 0.05) is 6.42 Å². The first-order valence-corrected chi connectivity index (χ1v) is 9.09. The minimum absolute atomic E-state index is 0.219. The molecule has 0 aromatic carbocycles. The van der Waals surface area contributed by atoms with E-state index in [0.29, 0.717) is 18.4 Å². The van der Waals surface area contributed by atoms with E-state index in [1.807, 2.05) is 32.9 Å². The van der Waals surface area contributed by atoms with Crippen LogP contribution in [0.3, 0.4) is 0 Å².